The molecule has 2 aromatic rings. The Morgan fingerprint density at radius 3 is 2.67 bits per heavy atom. The summed E-state index contributed by atoms with van der Waals surface area (Å²) in [5.74, 6) is -0.463. The summed E-state index contributed by atoms with van der Waals surface area (Å²) in [7, 11) is 0. The number of rotatable bonds is 2. The Balaban J connectivity index is 2.82. The molecule has 74 valence electrons. The summed E-state index contributed by atoms with van der Waals surface area (Å²) in [6.07, 6.45) is 0.362. The first-order valence-corrected chi connectivity index (χ1v) is 4.71. The van der Waals surface area contributed by atoms with Crippen LogP contribution in [-0.2, 0) is 4.79 Å². The van der Waals surface area contributed by atoms with Crippen LogP contribution in [0.2, 0.25) is 0 Å². The lowest BCUT2D eigenvalue weighted by atomic mass is 9.99. The zero-order chi connectivity index (χ0) is 10.8. The maximum absolute atomic E-state index is 11.4. The van der Waals surface area contributed by atoms with Crippen molar-refractivity contribution in [3.8, 4) is 0 Å². The van der Waals surface area contributed by atoms with Gasteiger partial charge >= 0.3 is 0 Å². The van der Waals surface area contributed by atoms with Gasteiger partial charge in [0.1, 0.15) is 0 Å². The van der Waals surface area contributed by atoms with Crippen molar-refractivity contribution in [2.24, 2.45) is 0 Å². The van der Waals surface area contributed by atoms with Crippen molar-refractivity contribution in [1.82, 2.24) is 0 Å². The van der Waals surface area contributed by atoms with Gasteiger partial charge in [-0.05, 0) is 29.3 Å². The number of hydrogen-bond donors (Lipinski definition) is 0. The van der Waals surface area contributed by atoms with Crippen LogP contribution in [0.1, 0.15) is 15.9 Å². The van der Waals surface area contributed by atoms with Crippen molar-refractivity contribution in [2.75, 3.05) is 0 Å². The van der Waals surface area contributed by atoms with Gasteiger partial charge in [0.15, 0.2) is 6.29 Å². The maximum atomic E-state index is 11.4. The lowest BCUT2D eigenvalue weighted by molar-refractivity contribution is -0.104. The summed E-state index contributed by atoms with van der Waals surface area (Å²) in [5.41, 5.74) is 1.47. The predicted molar refractivity (Wildman–Crippen MR) is 59.1 cm³/mol. The molecule has 2 heteroatoms. The molecule has 0 aliphatic rings. The molecule has 0 fully saturated rings. The van der Waals surface area contributed by atoms with Gasteiger partial charge in [-0.25, -0.2) is 0 Å². The van der Waals surface area contributed by atoms with Crippen LogP contribution in [0.3, 0.4) is 0 Å². The van der Waals surface area contributed by atoms with E-state index >= 15 is 0 Å². The number of carbonyl (C=O) groups excluding carboxylic acids is 2. The molecule has 0 aromatic heterocycles. The topological polar surface area (TPSA) is 34.1 Å². The van der Waals surface area contributed by atoms with Crippen molar-refractivity contribution in [2.45, 2.75) is 6.92 Å². The zero-order valence-corrected chi connectivity index (χ0v) is 8.36. The molecule has 0 bridgehead atoms. The molecule has 2 aromatic carbocycles. The third kappa shape index (κ3) is 1.66. The summed E-state index contributed by atoms with van der Waals surface area (Å²) in [4.78, 5) is 21.9. The summed E-state index contributed by atoms with van der Waals surface area (Å²) < 4.78 is 0. The van der Waals surface area contributed by atoms with Gasteiger partial charge in [-0.15, -0.1) is 0 Å². The maximum Gasteiger partial charge on any atom is 0.225 e. The van der Waals surface area contributed by atoms with Crippen LogP contribution in [0.25, 0.3) is 10.8 Å². The molecule has 2 rings (SSSR count). The standard InChI is InChI=1S/C13H10O2/c1-9-6-10-4-2-3-5-11(10)12(7-9)13(15)8-14/h2-8H,1H3. The molecule has 0 saturated carbocycles. The number of Topliss-reactive ketones (excluding diaryl/α,β-unsaturated/α-hetero) is 1. The molecule has 0 radical (unpaired) electrons. The fraction of sp³-hybridized carbons (Fsp3) is 0.0769. The minimum absolute atomic E-state index is 0.362. The van der Waals surface area contributed by atoms with Crippen LogP contribution in [0.4, 0.5) is 0 Å². The first-order valence-electron chi connectivity index (χ1n) is 4.71. The van der Waals surface area contributed by atoms with Crippen molar-refractivity contribution in [3.05, 3.63) is 47.5 Å². The highest BCUT2D eigenvalue weighted by atomic mass is 16.2. The molecule has 0 atom stereocenters. The molecule has 15 heavy (non-hydrogen) atoms. The molecule has 0 unspecified atom stereocenters. The highest BCUT2D eigenvalue weighted by Crippen LogP contribution is 2.20. The van der Waals surface area contributed by atoms with Crippen molar-refractivity contribution in [3.63, 3.8) is 0 Å². The van der Waals surface area contributed by atoms with Crippen LogP contribution < -0.4 is 0 Å². The first-order chi connectivity index (χ1) is 7.22. The van der Waals surface area contributed by atoms with E-state index in [4.69, 9.17) is 0 Å². The number of aryl methyl sites for hydroxylation is 1. The predicted octanol–water partition coefficient (Wildman–Crippen LogP) is 2.53. The minimum atomic E-state index is -0.463. The van der Waals surface area contributed by atoms with Gasteiger partial charge in [-0.2, -0.15) is 0 Å². The molecule has 0 heterocycles. The third-order valence-corrected chi connectivity index (χ3v) is 2.38. The Labute approximate surface area is 87.5 Å². The van der Waals surface area contributed by atoms with Crippen LogP contribution in [0.5, 0.6) is 0 Å². The fourth-order valence-corrected chi connectivity index (χ4v) is 1.73. The second-order valence-electron chi connectivity index (χ2n) is 3.52. The summed E-state index contributed by atoms with van der Waals surface area (Å²) in [5, 5.41) is 1.82. The Morgan fingerprint density at radius 2 is 1.93 bits per heavy atom. The average molecular weight is 198 g/mol. The van der Waals surface area contributed by atoms with Crippen LogP contribution in [0, 0.1) is 6.92 Å². The smallest absolute Gasteiger partial charge is 0.225 e. The van der Waals surface area contributed by atoms with Gasteiger partial charge in [0.2, 0.25) is 5.78 Å². The Morgan fingerprint density at radius 1 is 1.20 bits per heavy atom. The van der Waals surface area contributed by atoms with Crippen molar-refractivity contribution < 1.29 is 9.59 Å². The van der Waals surface area contributed by atoms with E-state index in [-0.39, 0.29) is 0 Å². The highest BCUT2D eigenvalue weighted by Gasteiger charge is 2.09. The number of ketones is 1. The summed E-state index contributed by atoms with van der Waals surface area (Å²) in [6, 6.07) is 11.3. The second kappa shape index (κ2) is 3.65. The highest BCUT2D eigenvalue weighted by molar-refractivity contribution is 6.36. The Hall–Kier alpha value is -1.96. The van der Waals surface area contributed by atoms with Crippen LogP contribution in [0.15, 0.2) is 36.4 Å². The fourth-order valence-electron chi connectivity index (χ4n) is 1.73. The molecular formula is C13H10O2. The Bertz CT molecular complexity index is 541. The monoisotopic (exact) mass is 198 g/mol. The lowest BCUT2D eigenvalue weighted by Gasteiger charge is -2.04. The molecular weight excluding hydrogens is 188 g/mol. The summed E-state index contributed by atoms with van der Waals surface area (Å²) in [6.45, 7) is 1.91. The number of benzene rings is 2. The van der Waals surface area contributed by atoms with Crippen molar-refractivity contribution >= 4 is 22.8 Å². The molecule has 0 amide bonds. The molecule has 0 aliphatic carbocycles. The van der Waals surface area contributed by atoms with Crippen LogP contribution >= 0.6 is 0 Å². The van der Waals surface area contributed by atoms with E-state index in [1.54, 1.807) is 6.07 Å². The van der Waals surface area contributed by atoms with E-state index in [9.17, 15) is 9.59 Å². The minimum Gasteiger partial charge on any atom is -0.294 e. The average Bonchev–Trinajstić information content (AvgIpc) is 2.26. The molecule has 0 aliphatic heterocycles. The van der Waals surface area contributed by atoms with E-state index in [0.717, 1.165) is 16.3 Å². The van der Waals surface area contributed by atoms with E-state index in [2.05, 4.69) is 0 Å². The molecule has 0 N–H and O–H groups in total. The van der Waals surface area contributed by atoms with Gasteiger partial charge in [0.25, 0.3) is 0 Å². The van der Waals surface area contributed by atoms with E-state index in [1.165, 1.54) is 0 Å². The second-order valence-corrected chi connectivity index (χ2v) is 3.52. The summed E-state index contributed by atoms with van der Waals surface area (Å²) >= 11 is 0. The Kier molecular flexibility index (Phi) is 2.34. The van der Waals surface area contributed by atoms with Gasteiger partial charge in [0, 0.05) is 5.56 Å². The molecule has 0 saturated heterocycles. The van der Waals surface area contributed by atoms with Gasteiger partial charge in [-0.3, -0.25) is 9.59 Å². The number of hydrogen-bond acceptors (Lipinski definition) is 2. The molecule has 2 nitrogen and oxygen atoms in total. The number of aldehydes is 1. The van der Waals surface area contributed by atoms with Gasteiger partial charge in [-0.1, -0.05) is 30.3 Å². The normalized spacial score (nSPS) is 10.2. The van der Waals surface area contributed by atoms with Crippen LogP contribution in [-0.4, -0.2) is 12.1 Å². The lowest BCUT2D eigenvalue weighted by Crippen LogP contribution is -2.01. The largest absolute Gasteiger partial charge is 0.294 e. The van der Waals surface area contributed by atoms with Gasteiger partial charge < -0.3 is 0 Å². The van der Waals surface area contributed by atoms with E-state index < -0.39 is 5.78 Å². The molecule has 0 spiro atoms. The zero-order valence-electron chi connectivity index (χ0n) is 8.36. The van der Waals surface area contributed by atoms with Gasteiger partial charge in [0.05, 0.1) is 0 Å². The van der Waals surface area contributed by atoms with E-state index in [1.807, 2.05) is 37.3 Å². The number of carbonyl (C=O) groups is 2. The van der Waals surface area contributed by atoms with Crippen molar-refractivity contribution in [1.29, 1.82) is 0 Å². The van der Waals surface area contributed by atoms with E-state index in [0.29, 0.717) is 11.8 Å². The SMILES string of the molecule is Cc1cc(C(=O)C=O)c2ccccc2c1. The quantitative estimate of drug-likeness (QED) is 0.422. The number of fused-ring (bicyclic) bond motifs is 1. The third-order valence-electron chi connectivity index (χ3n) is 2.38. The first kappa shape index (κ1) is 9.59.